The van der Waals surface area contributed by atoms with E-state index in [-0.39, 0.29) is 24.3 Å². The third-order valence-corrected chi connectivity index (χ3v) is 3.55. The molecular weight excluding hydrogens is 278 g/mol. The van der Waals surface area contributed by atoms with Crippen molar-refractivity contribution in [2.75, 3.05) is 20.2 Å². The molecule has 20 heavy (non-hydrogen) atoms. The minimum Gasteiger partial charge on any atom is -0.494 e. The largest absolute Gasteiger partial charge is 0.494 e. The summed E-state index contributed by atoms with van der Waals surface area (Å²) in [6.45, 7) is -0.382. The first-order valence-corrected chi connectivity index (χ1v) is 5.97. The fourth-order valence-electron chi connectivity index (χ4n) is 2.34. The number of carbonyl (C=O) groups is 1. The lowest BCUT2D eigenvalue weighted by molar-refractivity contribution is -0.197. The predicted octanol–water partition coefficient (Wildman–Crippen LogP) is 2.56. The molecule has 2 rings (SSSR count). The van der Waals surface area contributed by atoms with Crippen molar-refractivity contribution < 1.29 is 27.1 Å². The van der Waals surface area contributed by atoms with Gasteiger partial charge in [0, 0.05) is 12.1 Å². The average Bonchev–Trinajstić information content (AvgIpc) is 2.87. The second-order valence-electron chi connectivity index (χ2n) is 4.69. The van der Waals surface area contributed by atoms with Crippen molar-refractivity contribution in [1.29, 1.82) is 0 Å². The highest BCUT2D eigenvalue weighted by atomic mass is 19.4. The van der Waals surface area contributed by atoms with Gasteiger partial charge in [-0.2, -0.15) is 13.2 Å². The molecule has 0 amide bonds. The zero-order valence-electron chi connectivity index (χ0n) is 10.7. The normalized spacial score (nSPS) is 22.9. The molecule has 1 aliphatic heterocycles. The average molecular weight is 291 g/mol. The Morgan fingerprint density at radius 2 is 2.10 bits per heavy atom. The molecule has 0 spiro atoms. The van der Waals surface area contributed by atoms with Crippen LogP contribution in [0.2, 0.25) is 0 Å². The second-order valence-corrected chi connectivity index (χ2v) is 4.69. The molecule has 7 heteroatoms. The Balaban J connectivity index is 2.41. The number of Topliss-reactive ketones (excluding diaryl/α,β-unsaturated/α-hetero) is 1. The molecule has 1 aromatic rings. The van der Waals surface area contributed by atoms with Gasteiger partial charge in [-0.05, 0) is 31.2 Å². The molecule has 3 nitrogen and oxygen atoms in total. The summed E-state index contributed by atoms with van der Waals surface area (Å²) < 4.78 is 57.9. The van der Waals surface area contributed by atoms with Gasteiger partial charge in [0.15, 0.2) is 17.3 Å². The molecule has 1 N–H and O–H groups in total. The molecule has 1 aliphatic rings. The SMILES string of the molecule is COc1ccc(C(=O)C2(C(F)(F)F)CCNC2)cc1F. The summed E-state index contributed by atoms with van der Waals surface area (Å²) in [5.74, 6) is -2.09. The topological polar surface area (TPSA) is 38.3 Å². The van der Waals surface area contributed by atoms with Crippen molar-refractivity contribution in [2.24, 2.45) is 5.41 Å². The summed E-state index contributed by atoms with van der Waals surface area (Å²) in [6.07, 6.45) is -5.02. The number of nitrogens with one attached hydrogen (secondary N) is 1. The van der Waals surface area contributed by atoms with Crippen LogP contribution in [0.4, 0.5) is 17.6 Å². The van der Waals surface area contributed by atoms with Crippen LogP contribution in [-0.4, -0.2) is 32.2 Å². The summed E-state index contributed by atoms with van der Waals surface area (Å²) >= 11 is 0. The van der Waals surface area contributed by atoms with Crippen LogP contribution >= 0.6 is 0 Å². The molecule has 0 aliphatic carbocycles. The first kappa shape index (κ1) is 14.8. The molecule has 1 atom stereocenters. The van der Waals surface area contributed by atoms with E-state index in [9.17, 15) is 22.4 Å². The zero-order valence-corrected chi connectivity index (χ0v) is 10.7. The van der Waals surface area contributed by atoms with Crippen LogP contribution in [0.15, 0.2) is 18.2 Å². The lowest BCUT2D eigenvalue weighted by atomic mass is 9.78. The first-order valence-electron chi connectivity index (χ1n) is 5.97. The van der Waals surface area contributed by atoms with Gasteiger partial charge in [0.1, 0.15) is 5.41 Å². The third kappa shape index (κ3) is 2.26. The molecule has 0 aromatic heterocycles. The summed E-state index contributed by atoms with van der Waals surface area (Å²) in [5.41, 5.74) is -2.78. The van der Waals surface area contributed by atoms with Gasteiger partial charge >= 0.3 is 6.18 Å². The molecule has 110 valence electrons. The molecule has 1 aromatic carbocycles. The van der Waals surface area contributed by atoms with Gasteiger partial charge in [-0.1, -0.05) is 0 Å². The van der Waals surface area contributed by atoms with Crippen molar-refractivity contribution in [1.82, 2.24) is 5.32 Å². The van der Waals surface area contributed by atoms with E-state index in [1.807, 2.05) is 0 Å². The number of benzene rings is 1. The number of ketones is 1. The number of carbonyl (C=O) groups excluding carboxylic acids is 1. The van der Waals surface area contributed by atoms with Crippen LogP contribution in [0.5, 0.6) is 5.75 Å². The van der Waals surface area contributed by atoms with Crippen LogP contribution in [0.3, 0.4) is 0 Å². The maximum Gasteiger partial charge on any atom is 0.402 e. The smallest absolute Gasteiger partial charge is 0.402 e. The molecule has 1 saturated heterocycles. The maximum atomic E-state index is 13.5. The molecule has 1 heterocycles. The summed E-state index contributed by atoms with van der Waals surface area (Å²) in [6, 6.07) is 3.08. The summed E-state index contributed by atoms with van der Waals surface area (Å²) in [4.78, 5) is 12.2. The Bertz CT molecular complexity index is 522. The van der Waals surface area contributed by atoms with Gasteiger partial charge in [-0.3, -0.25) is 4.79 Å². The Morgan fingerprint density at radius 3 is 2.55 bits per heavy atom. The number of ether oxygens (including phenoxy) is 1. The predicted molar refractivity (Wildman–Crippen MR) is 63.3 cm³/mol. The van der Waals surface area contributed by atoms with Crippen molar-refractivity contribution in [3.63, 3.8) is 0 Å². The lowest BCUT2D eigenvalue weighted by Crippen LogP contribution is -2.46. The van der Waals surface area contributed by atoms with Gasteiger partial charge in [0.05, 0.1) is 7.11 Å². The summed E-state index contributed by atoms with van der Waals surface area (Å²) in [7, 11) is 1.23. The van der Waals surface area contributed by atoms with E-state index >= 15 is 0 Å². The minimum atomic E-state index is -4.68. The van der Waals surface area contributed by atoms with Crippen LogP contribution in [0.25, 0.3) is 0 Å². The third-order valence-electron chi connectivity index (χ3n) is 3.55. The van der Waals surface area contributed by atoms with Gasteiger partial charge in [0.2, 0.25) is 0 Å². The number of hydrogen-bond donors (Lipinski definition) is 1. The number of methoxy groups -OCH3 is 1. The highest BCUT2D eigenvalue weighted by molar-refractivity contribution is 6.01. The van der Waals surface area contributed by atoms with Crippen molar-refractivity contribution in [3.05, 3.63) is 29.6 Å². The van der Waals surface area contributed by atoms with Crippen molar-refractivity contribution in [3.8, 4) is 5.75 Å². The van der Waals surface area contributed by atoms with Gasteiger partial charge in [-0.15, -0.1) is 0 Å². The lowest BCUT2D eigenvalue weighted by Gasteiger charge is -2.29. The monoisotopic (exact) mass is 291 g/mol. The van der Waals surface area contributed by atoms with E-state index in [0.717, 1.165) is 18.2 Å². The Morgan fingerprint density at radius 1 is 1.40 bits per heavy atom. The summed E-state index contributed by atoms with van der Waals surface area (Å²) in [5, 5.41) is 2.55. The Hall–Kier alpha value is -1.63. The van der Waals surface area contributed by atoms with Crippen LogP contribution in [-0.2, 0) is 0 Å². The van der Waals surface area contributed by atoms with Gasteiger partial charge in [0.25, 0.3) is 0 Å². The van der Waals surface area contributed by atoms with E-state index in [4.69, 9.17) is 0 Å². The Kier molecular flexibility index (Phi) is 3.73. The minimum absolute atomic E-state index is 0.101. The molecule has 0 radical (unpaired) electrons. The molecule has 0 bridgehead atoms. The van der Waals surface area contributed by atoms with Crippen molar-refractivity contribution in [2.45, 2.75) is 12.6 Å². The fraction of sp³-hybridized carbons (Fsp3) is 0.462. The second kappa shape index (κ2) is 5.05. The van der Waals surface area contributed by atoms with E-state index in [2.05, 4.69) is 10.1 Å². The zero-order chi connectivity index (χ0) is 15.0. The van der Waals surface area contributed by atoms with Crippen LogP contribution in [0, 0.1) is 11.2 Å². The molecule has 1 unspecified atom stereocenters. The quantitative estimate of drug-likeness (QED) is 0.687. The molecular formula is C13H13F4NO2. The van der Waals surface area contributed by atoms with Crippen LogP contribution in [0.1, 0.15) is 16.8 Å². The highest BCUT2D eigenvalue weighted by Crippen LogP contribution is 2.45. The number of alkyl halides is 3. The van der Waals surface area contributed by atoms with Gasteiger partial charge < -0.3 is 10.1 Å². The van der Waals surface area contributed by atoms with E-state index in [0.29, 0.717) is 0 Å². The van der Waals surface area contributed by atoms with Gasteiger partial charge in [-0.25, -0.2) is 4.39 Å². The number of rotatable bonds is 3. The molecule has 0 saturated carbocycles. The number of halogens is 4. The van der Waals surface area contributed by atoms with Crippen LogP contribution < -0.4 is 10.1 Å². The standard InChI is InChI=1S/C13H13F4NO2/c1-20-10-3-2-8(6-9(10)14)11(19)12(13(15,16)17)4-5-18-7-12/h2-3,6,18H,4-5,7H2,1H3. The maximum absolute atomic E-state index is 13.5. The van der Waals surface area contributed by atoms with E-state index in [1.165, 1.54) is 7.11 Å². The molecule has 1 fully saturated rings. The fourth-order valence-corrected chi connectivity index (χ4v) is 2.34. The van der Waals surface area contributed by atoms with E-state index < -0.39 is 29.7 Å². The number of hydrogen-bond acceptors (Lipinski definition) is 3. The Labute approximate surface area is 112 Å². The highest BCUT2D eigenvalue weighted by Gasteiger charge is 2.61. The first-order chi connectivity index (χ1) is 9.32. The van der Waals surface area contributed by atoms with E-state index in [1.54, 1.807) is 0 Å². The van der Waals surface area contributed by atoms with Crippen molar-refractivity contribution >= 4 is 5.78 Å².